The lowest BCUT2D eigenvalue weighted by Gasteiger charge is -2.31. The van der Waals surface area contributed by atoms with Crippen molar-refractivity contribution in [1.29, 1.82) is 0 Å². The van der Waals surface area contributed by atoms with Crippen LogP contribution in [0.4, 0.5) is 0 Å². The van der Waals surface area contributed by atoms with Crippen molar-refractivity contribution < 1.29 is 4.79 Å². The minimum atomic E-state index is -0.0293. The molecule has 2 aromatic heterocycles. The first kappa shape index (κ1) is 15.9. The maximum atomic E-state index is 12.6. The van der Waals surface area contributed by atoms with Gasteiger partial charge in [-0.1, -0.05) is 18.2 Å². The summed E-state index contributed by atoms with van der Waals surface area (Å²) in [5.41, 5.74) is 1.40. The van der Waals surface area contributed by atoms with Crippen molar-refractivity contribution in [3.8, 4) is 16.5 Å². The number of benzene rings is 1. The molecule has 1 aromatic carbocycles. The second-order valence-corrected chi connectivity index (χ2v) is 6.85. The summed E-state index contributed by atoms with van der Waals surface area (Å²) in [6.45, 7) is 4.29. The Morgan fingerprint density at radius 2 is 2.16 bits per heavy atom. The van der Waals surface area contributed by atoms with Crippen LogP contribution in [0.5, 0.6) is 0 Å². The first-order valence-electron chi connectivity index (χ1n) is 8.16. The van der Waals surface area contributed by atoms with Crippen LogP contribution in [0.3, 0.4) is 0 Å². The number of amides is 1. The number of para-hydroxylation sites is 1. The number of rotatable bonds is 3. The Hall–Kier alpha value is -2.58. The molecule has 3 heterocycles. The molecule has 1 atom stereocenters. The smallest absolute Gasteiger partial charge is 0.273 e. The Morgan fingerprint density at radius 1 is 1.32 bits per heavy atom. The predicted octanol–water partition coefficient (Wildman–Crippen LogP) is 1.82. The number of nitrogens with zero attached hydrogens (tertiary/aromatic N) is 5. The highest BCUT2D eigenvalue weighted by Gasteiger charge is 2.24. The fourth-order valence-electron chi connectivity index (χ4n) is 2.82. The second kappa shape index (κ2) is 6.73. The molecule has 4 rings (SSSR count). The summed E-state index contributed by atoms with van der Waals surface area (Å²) in [6.07, 6.45) is 1.66. The molecule has 1 aliphatic heterocycles. The van der Waals surface area contributed by atoms with Gasteiger partial charge in [-0.3, -0.25) is 4.79 Å². The maximum absolute atomic E-state index is 12.6. The van der Waals surface area contributed by atoms with E-state index >= 15 is 0 Å². The number of aromatic nitrogens is 4. The average molecular weight is 354 g/mol. The topological polar surface area (TPSA) is 75.9 Å². The number of nitrogens with one attached hydrogen (secondary N) is 1. The van der Waals surface area contributed by atoms with Crippen LogP contribution in [0.25, 0.3) is 16.5 Å². The van der Waals surface area contributed by atoms with Gasteiger partial charge in [-0.15, -0.1) is 16.4 Å². The van der Waals surface area contributed by atoms with E-state index in [2.05, 4.69) is 27.3 Å². The average Bonchev–Trinajstić information content (AvgIpc) is 3.31. The second-order valence-electron chi connectivity index (χ2n) is 5.99. The summed E-state index contributed by atoms with van der Waals surface area (Å²) in [5.74, 6) is 0.500. The Morgan fingerprint density at radius 3 is 2.96 bits per heavy atom. The summed E-state index contributed by atoms with van der Waals surface area (Å²) in [5, 5.41) is 10.2. The third kappa shape index (κ3) is 3.31. The van der Waals surface area contributed by atoms with Gasteiger partial charge in [0, 0.05) is 31.1 Å². The van der Waals surface area contributed by atoms with Gasteiger partial charge in [0.25, 0.3) is 5.91 Å². The number of piperazine rings is 1. The highest BCUT2D eigenvalue weighted by molar-refractivity contribution is 7.13. The van der Waals surface area contributed by atoms with E-state index in [1.165, 1.54) is 11.3 Å². The van der Waals surface area contributed by atoms with E-state index < -0.39 is 0 Å². The molecule has 0 unspecified atom stereocenters. The molecular formula is C17H18N6OS. The predicted molar refractivity (Wildman–Crippen MR) is 95.8 cm³/mol. The molecule has 0 bridgehead atoms. The summed E-state index contributed by atoms with van der Waals surface area (Å²) in [7, 11) is 0. The Labute approximate surface area is 149 Å². The van der Waals surface area contributed by atoms with E-state index in [4.69, 9.17) is 0 Å². The first-order valence-corrected chi connectivity index (χ1v) is 9.04. The number of thiazole rings is 1. The van der Waals surface area contributed by atoms with E-state index in [9.17, 15) is 4.79 Å². The Kier molecular flexibility index (Phi) is 4.29. The molecule has 1 aliphatic rings. The summed E-state index contributed by atoms with van der Waals surface area (Å²) in [4.78, 5) is 23.2. The van der Waals surface area contributed by atoms with E-state index in [1.807, 2.05) is 35.2 Å². The van der Waals surface area contributed by atoms with Gasteiger partial charge in [0.1, 0.15) is 12.0 Å². The lowest BCUT2D eigenvalue weighted by molar-refractivity contribution is 0.0704. The lowest BCUT2D eigenvalue weighted by Crippen LogP contribution is -2.51. The Bertz CT molecular complexity index is 874. The van der Waals surface area contributed by atoms with Crippen LogP contribution >= 0.6 is 11.3 Å². The zero-order valence-corrected chi connectivity index (χ0v) is 14.6. The molecule has 0 spiro atoms. The van der Waals surface area contributed by atoms with E-state index in [0.717, 1.165) is 12.2 Å². The number of hydrogen-bond donors (Lipinski definition) is 1. The molecule has 128 valence electrons. The molecule has 8 heteroatoms. The summed E-state index contributed by atoms with van der Waals surface area (Å²) >= 11 is 1.39. The quantitative estimate of drug-likeness (QED) is 0.776. The van der Waals surface area contributed by atoms with Gasteiger partial charge in [0.15, 0.2) is 5.01 Å². The Balaban J connectivity index is 1.53. The molecule has 1 N–H and O–H groups in total. The van der Waals surface area contributed by atoms with Crippen molar-refractivity contribution in [1.82, 2.24) is 30.0 Å². The highest BCUT2D eigenvalue weighted by atomic mass is 32.1. The zero-order chi connectivity index (χ0) is 17.2. The van der Waals surface area contributed by atoms with Crippen molar-refractivity contribution in [3.63, 3.8) is 0 Å². The standard InChI is InChI=1S/C17H18N6OS/c1-12-9-22(8-7-18-12)17(24)14-10-25-16(20-14)15-19-11-23(21-15)13-5-3-2-4-6-13/h2-6,10-12,18H,7-9H2,1H3/t12-/m0/s1. The van der Waals surface area contributed by atoms with Gasteiger partial charge in [0.05, 0.1) is 5.69 Å². The number of carbonyl (C=O) groups excluding carboxylic acids is 1. The fraction of sp³-hybridized carbons (Fsp3) is 0.294. The fourth-order valence-corrected chi connectivity index (χ4v) is 3.55. The van der Waals surface area contributed by atoms with Gasteiger partial charge < -0.3 is 10.2 Å². The zero-order valence-electron chi connectivity index (χ0n) is 13.8. The summed E-state index contributed by atoms with van der Waals surface area (Å²) in [6, 6.07) is 10.1. The molecule has 0 radical (unpaired) electrons. The van der Waals surface area contributed by atoms with Crippen molar-refractivity contribution in [2.24, 2.45) is 0 Å². The van der Waals surface area contributed by atoms with Crippen LogP contribution < -0.4 is 5.32 Å². The molecule has 0 saturated carbocycles. The third-order valence-electron chi connectivity index (χ3n) is 4.08. The molecule has 25 heavy (non-hydrogen) atoms. The molecule has 1 amide bonds. The van der Waals surface area contributed by atoms with Gasteiger partial charge in [-0.05, 0) is 19.1 Å². The first-order chi connectivity index (χ1) is 12.2. The monoisotopic (exact) mass is 354 g/mol. The van der Waals surface area contributed by atoms with Gasteiger partial charge >= 0.3 is 0 Å². The number of carbonyl (C=O) groups is 1. The summed E-state index contributed by atoms with van der Waals surface area (Å²) < 4.78 is 1.70. The van der Waals surface area contributed by atoms with E-state index in [0.29, 0.717) is 35.7 Å². The van der Waals surface area contributed by atoms with Crippen LogP contribution in [-0.2, 0) is 0 Å². The van der Waals surface area contributed by atoms with Crippen molar-refractivity contribution in [3.05, 3.63) is 47.7 Å². The van der Waals surface area contributed by atoms with Crippen LogP contribution in [0, 0.1) is 0 Å². The molecule has 3 aromatic rings. The van der Waals surface area contributed by atoms with Gasteiger partial charge in [-0.25, -0.2) is 14.6 Å². The largest absolute Gasteiger partial charge is 0.334 e. The third-order valence-corrected chi connectivity index (χ3v) is 4.92. The minimum Gasteiger partial charge on any atom is -0.334 e. The van der Waals surface area contributed by atoms with Gasteiger partial charge in [0.2, 0.25) is 5.82 Å². The van der Waals surface area contributed by atoms with E-state index in [-0.39, 0.29) is 5.91 Å². The van der Waals surface area contributed by atoms with E-state index in [1.54, 1.807) is 16.4 Å². The lowest BCUT2D eigenvalue weighted by atomic mass is 10.2. The van der Waals surface area contributed by atoms with Crippen molar-refractivity contribution in [2.75, 3.05) is 19.6 Å². The maximum Gasteiger partial charge on any atom is 0.273 e. The van der Waals surface area contributed by atoms with Crippen LogP contribution in [0.15, 0.2) is 42.0 Å². The van der Waals surface area contributed by atoms with Gasteiger partial charge in [-0.2, -0.15) is 0 Å². The molecule has 1 fully saturated rings. The minimum absolute atomic E-state index is 0.0293. The molecule has 0 aliphatic carbocycles. The molecule has 7 nitrogen and oxygen atoms in total. The normalized spacial score (nSPS) is 17.6. The molecule has 1 saturated heterocycles. The van der Waals surface area contributed by atoms with Crippen molar-refractivity contribution in [2.45, 2.75) is 13.0 Å². The van der Waals surface area contributed by atoms with Crippen LogP contribution in [0.2, 0.25) is 0 Å². The van der Waals surface area contributed by atoms with Crippen LogP contribution in [0.1, 0.15) is 17.4 Å². The molecular weight excluding hydrogens is 336 g/mol. The number of hydrogen-bond acceptors (Lipinski definition) is 6. The van der Waals surface area contributed by atoms with Crippen LogP contribution in [-0.4, -0.2) is 56.2 Å². The van der Waals surface area contributed by atoms with Crippen molar-refractivity contribution >= 4 is 17.2 Å². The SMILES string of the molecule is C[C@H]1CN(C(=O)c2csc(-c3ncn(-c4ccccc4)n3)n2)CCN1. The highest BCUT2D eigenvalue weighted by Crippen LogP contribution is 2.22.